The number of hydrogen-bond acceptors (Lipinski definition) is 3. The maximum absolute atomic E-state index is 11.8. The highest BCUT2D eigenvalue weighted by atomic mass is 16.5. The van der Waals surface area contributed by atoms with Gasteiger partial charge in [-0.1, -0.05) is 32.9 Å². The summed E-state index contributed by atoms with van der Waals surface area (Å²) in [5.74, 6) is -0.190. The molecule has 2 aromatic rings. The van der Waals surface area contributed by atoms with Crippen LogP contribution in [0.4, 0.5) is 10.5 Å². The van der Waals surface area contributed by atoms with Gasteiger partial charge in [0.2, 0.25) is 0 Å². The highest BCUT2D eigenvalue weighted by molar-refractivity contribution is 5.91. The topological polar surface area (TPSA) is 87.7 Å². The summed E-state index contributed by atoms with van der Waals surface area (Å²) in [6.45, 7) is 7.47. The number of nitrogens with one attached hydrogen (secondary N) is 2. The molecule has 2 amide bonds. The molecule has 0 fully saturated rings. The van der Waals surface area contributed by atoms with Crippen molar-refractivity contribution >= 4 is 17.7 Å². The fourth-order valence-electron chi connectivity index (χ4n) is 2.39. The van der Waals surface area contributed by atoms with Gasteiger partial charge in [0.15, 0.2) is 0 Å². The van der Waals surface area contributed by atoms with E-state index in [0.29, 0.717) is 25.3 Å². The summed E-state index contributed by atoms with van der Waals surface area (Å²) >= 11 is 0. The summed E-state index contributed by atoms with van der Waals surface area (Å²) in [4.78, 5) is 22.6. The first-order valence-electron chi connectivity index (χ1n) is 8.87. The molecule has 3 N–H and O–H groups in total. The summed E-state index contributed by atoms with van der Waals surface area (Å²) in [6, 6.07) is 13.7. The molecular formula is C21H26N2O4. The Hall–Kier alpha value is -3.02. The first-order chi connectivity index (χ1) is 12.8. The van der Waals surface area contributed by atoms with Crippen LogP contribution in [-0.2, 0) is 5.41 Å². The van der Waals surface area contributed by atoms with Crippen LogP contribution in [0.15, 0.2) is 48.5 Å². The summed E-state index contributed by atoms with van der Waals surface area (Å²) in [5.41, 5.74) is 2.08. The molecule has 6 heteroatoms. The second-order valence-electron chi connectivity index (χ2n) is 7.24. The Morgan fingerprint density at radius 2 is 1.63 bits per heavy atom. The van der Waals surface area contributed by atoms with E-state index in [9.17, 15) is 9.59 Å². The number of carbonyl (C=O) groups is 2. The van der Waals surface area contributed by atoms with Crippen LogP contribution in [0.25, 0.3) is 0 Å². The van der Waals surface area contributed by atoms with E-state index >= 15 is 0 Å². The first kappa shape index (κ1) is 20.3. The number of carboxylic acid groups (broad SMARTS) is 1. The van der Waals surface area contributed by atoms with Gasteiger partial charge >= 0.3 is 12.0 Å². The van der Waals surface area contributed by atoms with E-state index < -0.39 is 5.97 Å². The minimum atomic E-state index is -1.00. The van der Waals surface area contributed by atoms with Gasteiger partial charge in [-0.25, -0.2) is 9.59 Å². The summed E-state index contributed by atoms with van der Waals surface area (Å²) in [7, 11) is 0. The normalized spacial score (nSPS) is 10.9. The molecule has 0 aliphatic carbocycles. The zero-order valence-electron chi connectivity index (χ0n) is 15.9. The molecule has 0 radical (unpaired) electrons. The molecule has 6 nitrogen and oxygen atoms in total. The van der Waals surface area contributed by atoms with Gasteiger partial charge in [0, 0.05) is 12.2 Å². The van der Waals surface area contributed by atoms with Crippen LogP contribution in [-0.4, -0.2) is 30.3 Å². The van der Waals surface area contributed by atoms with Crippen LogP contribution in [0.3, 0.4) is 0 Å². The second-order valence-corrected chi connectivity index (χ2v) is 7.24. The molecule has 0 aliphatic rings. The molecule has 2 aromatic carbocycles. The van der Waals surface area contributed by atoms with Crippen LogP contribution in [0, 0.1) is 0 Å². The SMILES string of the molecule is CC(C)(C)c1ccc(OCCCNC(=O)Nc2ccc(C(=O)O)cc2)cc1. The van der Waals surface area contributed by atoms with Crippen LogP contribution in [0.5, 0.6) is 5.75 Å². The molecule has 27 heavy (non-hydrogen) atoms. The number of carbonyl (C=O) groups excluding carboxylic acids is 1. The summed E-state index contributed by atoms with van der Waals surface area (Å²) in [5, 5.41) is 14.2. The lowest BCUT2D eigenvalue weighted by atomic mass is 9.87. The van der Waals surface area contributed by atoms with Crippen LogP contribution in [0.2, 0.25) is 0 Å². The summed E-state index contributed by atoms with van der Waals surface area (Å²) in [6.07, 6.45) is 0.673. The molecular weight excluding hydrogens is 344 g/mol. The van der Waals surface area contributed by atoms with Crippen molar-refractivity contribution in [2.24, 2.45) is 0 Å². The van der Waals surface area contributed by atoms with Crippen LogP contribution < -0.4 is 15.4 Å². The van der Waals surface area contributed by atoms with Crippen molar-refractivity contribution in [1.82, 2.24) is 5.32 Å². The van der Waals surface area contributed by atoms with Gasteiger partial charge < -0.3 is 20.5 Å². The Morgan fingerprint density at radius 3 is 2.19 bits per heavy atom. The number of anilines is 1. The Kier molecular flexibility index (Phi) is 6.82. The molecule has 0 atom stereocenters. The monoisotopic (exact) mass is 370 g/mol. The maximum atomic E-state index is 11.8. The van der Waals surface area contributed by atoms with Gasteiger partial charge in [0.05, 0.1) is 12.2 Å². The Labute approximate surface area is 159 Å². The Morgan fingerprint density at radius 1 is 1.00 bits per heavy atom. The van der Waals surface area contributed by atoms with E-state index in [1.165, 1.54) is 17.7 Å². The third-order valence-corrected chi connectivity index (χ3v) is 3.99. The molecule has 0 spiro atoms. The minimum absolute atomic E-state index is 0.115. The van der Waals surface area contributed by atoms with Gasteiger partial charge in [0.25, 0.3) is 0 Å². The zero-order chi connectivity index (χ0) is 19.9. The first-order valence-corrected chi connectivity index (χ1v) is 8.87. The van der Waals surface area contributed by atoms with Crippen molar-refractivity contribution in [3.05, 3.63) is 59.7 Å². The van der Waals surface area contributed by atoms with Crippen molar-refractivity contribution in [1.29, 1.82) is 0 Å². The number of rotatable bonds is 7. The molecule has 0 saturated carbocycles. The highest BCUT2D eigenvalue weighted by Gasteiger charge is 2.12. The lowest BCUT2D eigenvalue weighted by Gasteiger charge is -2.19. The molecule has 144 valence electrons. The van der Waals surface area contributed by atoms with E-state index in [2.05, 4.69) is 43.5 Å². The van der Waals surface area contributed by atoms with Crippen molar-refractivity contribution < 1.29 is 19.4 Å². The molecule has 0 bridgehead atoms. The lowest BCUT2D eigenvalue weighted by Crippen LogP contribution is -2.30. The van der Waals surface area contributed by atoms with E-state index in [-0.39, 0.29) is 17.0 Å². The summed E-state index contributed by atoms with van der Waals surface area (Å²) < 4.78 is 5.68. The fraction of sp³-hybridized carbons (Fsp3) is 0.333. The second kappa shape index (κ2) is 9.07. The van der Waals surface area contributed by atoms with Gasteiger partial charge in [-0.2, -0.15) is 0 Å². The molecule has 0 saturated heterocycles. The highest BCUT2D eigenvalue weighted by Crippen LogP contribution is 2.24. The van der Waals surface area contributed by atoms with E-state index in [4.69, 9.17) is 9.84 Å². The number of amides is 2. The predicted octanol–water partition coefficient (Wildman–Crippen LogP) is 4.27. The number of hydrogen-bond donors (Lipinski definition) is 3. The Balaban J connectivity index is 1.66. The van der Waals surface area contributed by atoms with E-state index in [1.807, 2.05) is 12.1 Å². The quantitative estimate of drug-likeness (QED) is 0.635. The molecule has 0 aromatic heterocycles. The Bertz CT molecular complexity index is 762. The number of benzene rings is 2. The number of urea groups is 1. The van der Waals surface area contributed by atoms with Crippen molar-refractivity contribution in [2.45, 2.75) is 32.6 Å². The van der Waals surface area contributed by atoms with Gasteiger partial charge in [0.1, 0.15) is 5.75 Å². The fourth-order valence-corrected chi connectivity index (χ4v) is 2.39. The molecule has 0 heterocycles. The average molecular weight is 370 g/mol. The third-order valence-electron chi connectivity index (χ3n) is 3.99. The van der Waals surface area contributed by atoms with E-state index in [0.717, 1.165) is 5.75 Å². The minimum Gasteiger partial charge on any atom is -0.494 e. The lowest BCUT2D eigenvalue weighted by molar-refractivity contribution is 0.0697. The van der Waals surface area contributed by atoms with Crippen LogP contribution >= 0.6 is 0 Å². The van der Waals surface area contributed by atoms with Crippen LogP contribution in [0.1, 0.15) is 43.1 Å². The molecule has 2 rings (SSSR count). The molecule has 0 aliphatic heterocycles. The zero-order valence-corrected chi connectivity index (χ0v) is 15.9. The molecule has 0 unspecified atom stereocenters. The van der Waals surface area contributed by atoms with E-state index in [1.54, 1.807) is 12.1 Å². The third kappa shape index (κ3) is 6.66. The van der Waals surface area contributed by atoms with Gasteiger partial charge in [-0.05, 0) is 53.8 Å². The predicted molar refractivity (Wildman–Crippen MR) is 106 cm³/mol. The van der Waals surface area contributed by atoms with Gasteiger partial charge in [-0.3, -0.25) is 0 Å². The largest absolute Gasteiger partial charge is 0.494 e. The number of aromatic carboxylic acids is 1. The number of ether oxygens (including phenoxy) is 1. The van der Waals surface area contributed by atoms with Crippen molar-refractivity contribution in [3.63, 3.8) is 0 Å². The maximum Gasteiger partial charge on any atom is 0.335 e. The van der Waals surface area contributed by atoms with Crippen molar-refractivity contribution in [3.8, 4) is 5.75 Å². The smallest absolute Gasteiger partial charge is 0.335 e. The standard InChI is InChI=1S/C21H26N2O4/c1-21(2,3)16-7-11-18(12-8-16)27-14-4-13-22-20(26)23-17-9-5-15(6-10-17)19(24)25/h5-12H,4,13-14H2,1-3H3,(H,24,25)(H2,22,23,26). The van der Waals surface area contributed by atoms with Gasteiger partial charge in [-0.15, -0.1) is 0 Å². The van der Waals surface area contributed by atoms with Crippen molar-refractivity contribution in [2.75, 3.05) is 18.5 Å². The number of carboxylic acids is 1. The average Bonchev–Trinajstić information content (AvgIpc) is 2.61.